The van der Waals surface area contributed by atoms with E-state index >= 15 is 0 Å². The minimum absolute atomic E-state index is 0.0452. The fourth-order valence-electron chi connectivity index (χ4n) is 3.65. The Morgan fingerprint density at radius 3 is 1.78 bits per heavy atom. The van der Waals surface area contributed by atoms with E-state index in [9.17, 15) is 15.0 Å². The van der Waals surface area contributed by atoms with Crippen LogP contribution in [0, 0.1) is 0 Å². The smallest absolute Gasteiger partial charge is 0.153 e. The number of rotatable bonds is 4. The third kappa shape index (κ3) is 2.74. The molecule has 2 N–H and O–H groups in total. The maximum Gasteiger partial charge on any atom is 0.153 e. The summed E-state index contributed by atoms with van der Waals surface area (Å²) in [5, 5.41) is 25.1. The van der Waals surface area contributed by atoms with Gasteiger partial charge in [0, 0.05) is 23.1 Å². The van der Waals surface area contributed by atoms with Crippen molar-refractivity contribution in [3.63, 3.8) is 0 Å². The Bertz CT molecular complexity index is 1110. The van der Waals surface area contributed by atoms with Crippen LogP contribution in [-0.2, 0) is 6.42 Å². The molecule has 0 heterocycles. The molecule has 0 aromatic heterocycles. The molecule has 4 aromatic carbocycles. The van der Waals surface area contributed by atoms with Gasteiger partial charge in [-0.1, -0.05) is 61.2 Å². The van der Waals surface area contributed by atoms with Crippen LogP contribution < -0.4 is 0 Å². The molecule has 0 aliphatic carbocycles. The summed E-state index contributed by atoms with van der Waals surface area (Å²) in [6, 6.07) is 19.0. The van der Waals surface area contributed by atoms with Gasteiger partial charge >= 0.3 is 0 Å². The molecule has 0 atom stereocenters. The van der Waals surface area contributed by atoms with Crippen molar-refractivity contribution in [2.45, 2.75) is 6.42 Å². The number of aldehydes is 1. The Hall–Kier alpha value is -3.59. The molecule has 0 spiro atoms. The molecule has 4 aromatic rings. The Labute approximate surface area is 156 Å². The van der Waals surface area contributed by atoms with E-state index in [0.29, 0.717) is 29.4 Å². The first-order valence-corrected chi connectivity index (χ1v) is 8.69. The topological polar surface area (TPSA) is 57.5 Å². The number of phenols is 2. The zero-order valence-electron chi connectivity index (χ0n) is 14.6. The first-order chi connectivity index (χ1) is 13.1. The van der Waals surface area contributed by atoms with Crippen molar-refractivity contribution in [1.82, 2.24) is 0 Å². The average molecular weight is 354 g/mol. The summed E-state index contributed by atoms with van der Waals surface area (Å²) < 4.78 is 0. The Balaban J connectivity index is 2.03. The summed E-state index contributed by atoms with van der Waals surface area (Å²) in [7, 11) is 0. The SMILES string of the molecule is C=Cc1cc2ccccc2c(Cc2c(O)c(C=O)cc3ccccc23)c1O. The number of aromatic hydroxyl groups is 2. The highest BCUT2D eigenvalue weighted by Gasteiger charge is 2.17. The predicted molar refractivity (Wildman–Crippen MR) is 110 cm³/mol. The van der Waals surface area contributed by atoms with Gasteiger partial charge in [-0.2, -0.15) is 0 Å². The molecule has 0 saturated carbocycles. The largest absolute Gasteiger partial charge is 0.507 e. The van der Waals surface area contributed by atoms with Gasteiger partial charge in [0.05, 0.1) is 5.56 Å². The van der Waals surface area contributed by atoms with E-state index in [0.717, 1.165) is 21.5 Å². The quantitative estimate of drug-likeness (QED) is 0.479. The van der Waals surface area contributed by atoms with Gasteiger partial charge in [0.2, 0.25) is 0 Å². The van der Waals surface area contributed by atoms with Crippen LogP contribution in [0.15, 0.2) is 67.2 Å². The Morgan fingerprint density at radius 1 is 0.778 bits per heavy atom. The summed E-state index contributed by atoms with van der Waals surface area (Å²) >= 11 is 0. The van der Waals surface area contributed by atoms with Gasteiger partial charge in [0.25, 0.3) is 0 Å². The number of fused-ring (bicyclic) bond motifs is 2. The lowest BCUT2D eigenvalue weighted by Gasteiger charge is -2.16. The summed E-state index contributed by atoms with van der Waals surface area (Å²) in [6.07, 6.45) is 2.57. The van der Waals surface area contributed by atoms with Crippen molar-refractivity contribution in [3.8, 4) is 11.5 Å². The van der Waals surface area contributed by atoms with Crippen molar-refractivity contribution in [2.75, 3.05) is 0 Å². The molecule has 3 heteroatoms. The molecule has 0 amide bonds. The van der Waals surface area contributed by atoms with Gasteiger partial charge in [-0.25, -0.2) is 0 Å². The summed E-state index contributed by atoms with van der Waals surface area (Å²) in [6.45, 7) is 3.79. The molecule has 27 heavy (non-hydrogen) atoms. The number of hydrogen-bond donors (Lipinski definition) is 2. The van der Waals surface area contributed by atoms with E-state index in [2.05, 4.69) is 6.58 Å². The van der Waals surface area contributed by atoms with Crippen LogP contribution in [0.2, 0.25) is 0 Å². The van der Waals surface area contributed by atoms with Gasteiger partial charge in [-0.15, -0.1) is 0 Å². The second-order valence-electron chi connectivity index (χ2n) is 6.53. The minimum atomic E-state index is -0.0452. The molecule has 0 aliphatic rings. The molecule has 0 fully saturated rings. The lowest BCUT2D eigenvalue weighted by molar-refractivity contribution is 0.112. The van der Waals surface area contributed by atoms with Gasteiger partial charge < -0.3 is 10.2 Å². The number of hydrogen-bond acceptors (Lipinski definition) is 3. The molecule has 132 valence electrons. The van der Waals surface area contributed by atoms with Gasteiger partial charge in [0.15, 0.2) is 6.29 Å². The number of phenolic OH excluding ortho intramolecular Hbond substituents is 2. The van der Waals surface area contributed by atoms with Crippen molar-refractivity contribution >= 4 is 33.9 Å². The molecule has 0 aliphatic heterocycles. The normalized spacial score (nSPS) is 11.0. The van der Waals surface area contributed by atoms with E-state index in [1.165, 1.54) is 0 Å². The highest BCUT2D eigenvalue weighted by atomic mass is 16.3. The lowest BCUT2D eigenvalue weighted by Crippen LogP contribution is -1.97. The maximum atomic E-state index is 11.4. The van der Waals surface area contributed by atoms with Gasteiger partial charge in [-0.05, 0) is 33.7 Å². The van der Waals surface area contributed by atoms with Crippen LogP contribution in [0.25, 0.3) is 27.6 Å². The molecular formula is C24H18O3. The highest BCUT2D eigenvalue weighted by Crippen LogP contribution is 2.38. The second kappa shape index (κ2) is 6.61. The maximum absolute atomic E-state index is 11.4. The fraction of sp³-hybridized carbons (Fsp3) is 0.0417. The third-order valence-electron chi connectivity index (χ3n) is 5.01. The molecule has 0 bridgehead atoms. The van der Waals surface area contributed by atoms with E-state index in [4.69, 9.17) is 0 Å². The highest BCUT2D eigenvalue weighted by molar-refractivity contribution is 5.97. The zero-order chi connectivity index (χ0) is 19.0. The standard InChI is InChI=1S/C24H18O3/c1-2-15-11-16-7-3-5-9-19(16)21(23(15)26)13-22-20-10-6-4-8-17(20)12-18(14-25)24(22)27/h2-12,14,26-27H,1,13H2. The first kappa shape index (κ1) is 16.9. The zero-order valence-corrected chi connectivity index (χ0v) is 14.6. The van der Waals surface area contributed by atoms with E-state index < -0.39 is 0 Å². The first-order valence-electron chi connectivity index (χ1n) is 8.69. The summed E-state index contributed by atoms with van der Waals surface area (Å²) in [5.41, 5.74) is 2.20. The number of carbonyl (C=O) groups is 1. The number of benzene rings is 4. The van der Waals surface area contributed by atoms with E-state index in [1.54, 1.807) is 12.1 Å². The summed E-state index contributed by atoms with van der Waals surface area (Å²) in [4.78, 5) is 11.4. The van der Waals surface area contributed by atoms with E-state index in [1.807, 2.05) is 54.6 Å². The second-order valence-corrected chi connectivity index (χ2v) is 6.53. The Kier molecular flexibility index (Phi) is 4.13. The van der Waals surface area contributed by atoms with Crippen LogP contribution in [0.3, 0.4) is 0 Å². The minimum Gasteiger partial charge on any atom is -0.507 e. The third-order valence-corrected chi connectivity index (χ3v) is 5.01. The van der Waals surface area contributed by atoms with Crippen LogP contribution in [0.4, 0.5) is 0 Å². The summed E-state index contributed by atoms with van der Waals surface area (Å²) in [5.74, 6) is 0.0971. The van der Waals surface area contributed by atoms with Crippen molar-refractivity contribution in [1.29, 1.82) is 0 Å². The molecule has 3 nitrogen and oxygen atoms in total. The average Bonchev–Trinajstić information content (AvgIpc) is 2.71. The van der Waals surface area contributed by atoms with Crippen LogP contribution >= 0.6 is 0 Å². The predicted octanol–water partition coefficient (Wildman–Crippen LogP) is 5.45. The molecule has 0 radical (unpaired) electrons. The molecule has 4 rings (SSSR count). The van der Waals surface area contributed by atoms with E-state index in [-0.39, 0.29) is 17.1 Å². The van der Waals surface area contributed by atoms with Crippen LogP contribution in [0.1, 0.15) is 27.0 Å². The van der Waals surface area contributed by atoms with Gasteiger partial charge in [0.1, 0.15) is 11.5 Å². The molecular weight excluding hydrogens is 336 g/mol. The van der Waals surface area contributed by atoms with Crippen LogP contribution in [0.5, 0.6) is 11.5 Å². The monoisotopic (exact) mass is 354 g/mol. The van der Waals surface area contributed by atoms with Gasteiger partial charge in [-0.3, -0.25) is 4.79 Å². The van der Waals surface area contributed by atoms with Crippen molar-refractivity contribution < 1.29 is 15.0 Å². The van der Waals surface area contributed by atoms with Crippen LogP contribution in [-0.4, -0.2) is 16.5 Å². The molecule has 0 unspecified atom stereocenters. The number of carbonyl (C=O) groups excluding carboxylic acids is 1. The Morgan fingerprint density at radius 2 is 1.26 bits per heavy atom. The van der Waals surface area contributed by atoms with Crippen molar-refractivity contribution in [3.05, 3.63) is 89.5 Å². The fourth-order valence-corrected chi connectivity index (χ4v) is 3.65. The molecule has 0 saturated heterocycles. The van der Waals surface area contributed by atoms with Crippen molar-refractivity contribution in [2.24, 2.45) is 0 Å². The lowest BCUT2D eigenvalue weighted by atomic mass is 9.90.